The first-order chi connectivity index (χ1) is 3.81. The molecule has 0 aliphatic carbocycles. The van der Waals surface area contributed by atoms with Crippen molar-refractivity contribution in [1.29, 1.82) is 0 Å². The third-order valence-corrected chi connectivity index (χ3v) is 0.904. The molecule has 0 aromatic carbocycles. The number of nitrogens with two attached hydrogens (primary N) is 1. The van der Waals surface area contributed by atoms with Crippen molar-refractivity contribution in [3.8, 4) is 0 Å². The van der Waals surface area contributed by atoms with Crippen molar-refractivity contribution in [2.75, 3.05) is 6.54 Å². The van der Waals surface area contributed by atoms with Gasteiger partial charge in [0, 0.05) is 17.5 Å². The maximum absolute atomic E-state index is 7.81. The van der Waals surface area contributed by atoms with Gasteiger partial charge in [-0.25, -0.2) is 0 Å². The zero-order valence-electron chi connectivity index (χ0n) is 4.91. The molecule has 8 heavy (non-hydrogen) atoms. The monoisotopic (exact) mass is 114 g/mol. The fourth-order valence-corrected chi connectivity index (χ4v) is 0.270. The summed E-state index contributed by atoms with van der Waals surface area (Å²) in [5, 5.41) is 3.30. The van der Waals surface area contributed by atoms with Gasteiger partial charge in [-0.2, -0.15) is 0 Å². The Morgan fingerprint density at radius 1 is 1.88 bits per heavy atom. The van der Waals surface area contributed by atoms with Crippen molar-refractivity contribution in [3.63, 3.8) is 0 Å². The number of nitrogens with zero attached hydrogens (tertiary/aromatic N) is 3. The molecule has 4 nitrogen and oxygen atoms in total. The second-order valence-electron chi connectivity index (χ2n) is 1.58. The predicted molar refractivity (Wildman–Crippen MR) is 32.3 cm³/mol. The summed E-state index contributed by atoms with van der Waals surface area (Å²) < 4.78 is 0. The van der Waals surface area contributed by atoms with Gasteiger partial charge >= 0.3 is 0 Å². The molecule has 1 atom stereocenters. The van der Waals surface area contributed by atoms with E-state index in [9.17, 15) is 0 Å². The number of hydrogen-bond donors (Lipinski definition) is 1. The summed E-state index contributed by atoms with van der Waals surface area (Å²) in [5.74, 6) is 0. The van der Waals surface area contributed by atoms with Crippen molar-refractivity contribution >= 4 is 0 Å². The highest BCUT2D eigenvalue weighted by Crippen LogP contribution is 1.85. The van der Waals surface area contributed by atoms with Crippen LogP contribution >= 0.6 is 0 Å². The van der Waals surface area contributed by atoms with Crippen LogP contribution in [-0.2, 0) is 0 Å². The Labute approximate surface area is 48.3 Å². The van der Waals surface area contributed by atoms with Gasteiger partial charge in [0.1, 0.15) is 0 Å². The number of hydrogen-bond acceptors (Lipinski definition) is 2. The van der Waals surface area contributed by atoms with Gasteiger partial charge in [0.15, 0.2) is 0 Å². The highest BCUT2D eigenvalue weighted by atomic mass is 15.1. The quantitative estimate of drug-likeness (QED) is 0.332. The van der Waals surface area contributed by atoms with Crippen LogP contribution in [0.1, 0.15) is 13.3 Å². The van der Waals surface area contributed by atoms with Crippen LogP contribution in [0.15, 0.2) is 5.11 Å². The van der Waals surface area contributed by atoms with E-state index in [1.54, 1.807) is 0 Å². The standard InChI is InChI=1S/C4H10N4/c1-2-4(5)3-7-8-6/h4H,2-3,5H2,1H3. The molecule has 4 heteroatoms. The van der Waals surface area contributed by atoms with E-state index in [4.69, 9.17) is 11.3 Å². The SMILES string of the molecule is CCC(N)CN=[N+]=[N-]. The van der Waals surface area contributed by atoms with E-state index in [-0.39, 0.29) is 6.04 Å². The van der Waals surface area contributed by atoms with Crippen molar-refractivity contribution < 1.29 is 0 Å². The van der Waals surface area contributed by atoms with Crippen molar-refractivity contribution in [3.05, 3.63) is 10.4 Å². The maximum atomic E-state index is 7.81. The van der Waals surface area contributed by atoms with E-state index in [2.05, 4.69) is 10.0 Å². The van der Waals surface area contributed by atoms with E-state index in [1.165, 1.54) is 0 Å². The number of azide groups is 1. The van der Waals surface area contributed by atoms with E-state index < -0.39 is 0 Å². The van der Waals surface area contributed by atoms with Crippen LogP contribution in [0.2, 0.25) is 0 Å². The molecule has 0 aromatic heterocycles. The molecular weight excluding hydrogens is 104 g/mol. The highest BCUT2D eigenvalue weighted by Gasteiger charge is 1.92. The Morgan fingerprint density at radius 2 is 2.50 bits per heavy atom. The zero-order chi connectivity index (χ0) is 6.41. The average molecular weight is 114 g/mol. The molecule has 0 saturated carbocycles. The molecule has 0 radical (unpaired) electrons. The molecule has 0 aliphatic heterocycles. The second kappa shape index (κ2) is 4.43. The molecule has 0 aliphatic rings. The molecule has 0 saturated heterocycles. The minimum absolute atomic E-state index is 0.0332. The molecule has 1 unspecified atom stereocenters. The molecule has 0 spiro atoms. The minimum Gasteiger partial charge on any atom is -0.328 e. The summed E-state index contributed by atoms with van der Waals surface area (Å²) in [6, 6.07) is 0.0332. The second-order valence-corrected chi connectivity index (χ2v) is 1.58. The van der Waals surface area contributed by atoms with Gasteiger partial charge in [-0.3, -0.25) is 0 Å². The summed E-state index contributed by atoms with van der Waals surface area (Å²) in [6.45, 7) is 2.37. The normalized spacial score (nSPS) is 12.2. The Morgan fingerprint density at radius 3 is 2.88 bits per heavy atom. The molecular formula is C4H10N4. The smallest absolute Gasteiger partial charge is 0.0409 e. The Kier molecular flexibility index (Phi) is 4.03. The lowest BCUT2D eigenvalue weighted by atomic mass is 10.2. The van der Waals surface area contributed by atoms with Crippen LogP contribution in [0.25, 0.3) is 10.4 Å². The largest absolute Gasteiger partial charge is 0.328 e. The van der Waals surface area contributed by atoms with Crippen molar-refractivity contribution in [2.24, 2.45) is 10.8 Å². The molecule has 0 bridgehead atoms. The summed E-state index contributed by atoms with van der Waals surface area (Å²) in [5.41, 5.74) is 13.2. The van der Waals surface area contributed by atoms with Crippen LogP contribution in [0, 0.1) is 0 Å². The van der Waals surface area contributed by atoms with Gasteiger partial charge in [-0.1, -0.05) is 12.0 Å². The zero-order valence-corrected chi connectivity index (χ0v) is 4.91. The topological polar surface area (TPSA) is 74.8 Å². The van der Waals surface area contributed by atoms with Crippen LogP contribution < -0.4 is 5.73 Å². The van der Waals surface area contributed by atoms with E-state index in [1.807, 2.05) is 6.92 Å². The first kappa shape index (κ1) is 7.27. The molecule has 2 N–H and O–H groups in total. The van der Waals surface area contributed by atoms with Crippen molar-refractivity contribution in [1.82, 2.24) is 0 Å². The molecule has 0 aromatic rings. The van der Waals surface area contributed by atoms with Crippen LogP contribution in [-0.4, -0.2) is 12.6 Å². The first-order valence-electron chi connectivity index (χ1n) is 2.57. The summed E-state index contributed by atoms with van der Waals surface area (Å²) in [4.78, 5) is 2.57. The van der Waals surface area contributed by atoms with Crippen LogP contribution in [0.4, 0.5) is 0 Å². The predicted octanol–water partition coefficient (Wildman–Crippen LogP) is 1.03. The van der Waals surface area contributed by atoms with Gasteiger partial charge in [-0.15, -0.1) is 0 Å². The first-order valence-corrected chi connectivity index (χ1v) is 2.57. The van der Waals surface area contributed by atoms with Gasteiger partial charge < -0.3 is 5.73 Å². The lowest BCUT2D eigenvalue weighted by molar-refractivity contribution is 0.658. The molecule has 0 amide bonds. The summed E-state index contributed by atoms with van der Waals surface area (Å²) >= 11 is 0. The van der Waals surface area contributed by atoms with Crippen LogP contribution in [0.3, 0.4) is 0 Å². The molecule has 0 fully saturated rings. The van der Waals surface area contributed by atoms with Gasteiger partial charge in [0.25, 0.3) is 0 Å². The van der Waals surface area contributed by atoms with Gasteiger partial charge in [0.2, 0.25) is 0 Å². The van der Waals surface area contributed by atoms with E-state index in [0.717, 1.165) is 6.42 Å². The average Bonchev–Trinajstić information content (AvgIpc) is 1.83. The van der Waals surface area contributed by atoms with Gasteiger partial charge in [0.05, 0.1) is 0 Å². The summed E-state index contributed by atoms with van der Waals surface area (Å²) in [6.07, 6.45) is 0.860. The third kappa shape index (κ3) is 3.46. The summed E-state index contributed by atoms with van der Waals surface area (Å²) in [7, 11) is 0. The Balaban J connectivity index is 3.23. The lowest BCUT2D eigenvalue weighted by Crippen LogP contribution is -2.21. The molecule has 0 heterocycles. The fourth-order valence-electron chi connectivity index (χ4n) is 0.270. The highest BCUT2D eigenvalue weighted by molar-refractivity contribution is 4.60. The Hall–Kier alpha value is -0.730. The molecule has 0 rings (SSSR count). The maximum Gasteiger partial charge on any atom is 0.0409 e. The van der Waals surface area contributed by atoms with E-state index >= 15 is 0 Å². The van der Waals surface area contributed by atoms with Crippen molar-refractivity contribution in [2.45, 2.75) is 19.4 Å². The van der Waals surface area contributed by atoms with Crippen LogP contribution in [0.5, 0.6) is 0 Å². The fraction of sp³-hybridized carbons (Fsp3) is 1.00. The molecule has 46 valence electrons. The minimum atomic E-state index is 0.0332. The van der Waals surface area contributed by atoms with E-state index in [0.29, 0.717) is 6.54 Å². The Bertz CT molecular complexity index is 94.2. The number of rotatable bonds is 3. The van der Waals surface area contributed by atoms with Gasteiger partial charge in [-0.05, 0) is 12.0 Å². The lowest BCUT2D eigenvalue weighted by Gasteiger charge is -1.99. The third-order valence-electron chi connectivity index (χ3n) is 0.904.